The lowest BCUT2D eigenvalue weighted by molar-refractivity contribution is 0.247. The Bertz CT molecular complexity index is 587. The topological polar surface area (TPSA) is 27.7 Å². The fourth-order valence-electron chi connectivity index (χ4n) is 3.06. The van der Waals surface area contributed by atoms with Crippen molar-refractivity contribution in [1.82, 2.24) is 0 Å². The molecule has 1 fully saturated rings. The minimum atomic E-state index is -2.71. The number of rotatable bonds is 2. The summed E-state index contributed by atoms with van der Waals surface area (Å²) < 4.78 is 19.5. The first-order chi connectivity index (χ1) is 10.3. The highest BCUT2D eigenvalue weighted by molar-refractivity contribution is 7.04. The fourth-order valence-corrected chi connectivity index (χ4v) is 18.4. The van der Waals surface area contributed by atoms with E-state index in [9.17, 15) is 0 Å². The van der Waals surface area contributed by atoms with E-state index < -0.39 is 25.7 Å². The van der Waals surface area contributed by atoms with Crippen molar-refractivity contribution in [3.63, 3.8) is 0 Å². The van der Waals surface area contributed by atoms with Gasteiger partial charge in [-0.3, -0.25) is 0 Å². The summed E-state index contributed by atoms with van der Waals surface area (Å²) in [5.41, 5.74) is 0. The molecule has 22 heavy (non-hydrogen) atoms. The van der Waals surface area contributed by atoms with Gasteiger partial charge in [0.25, 0.3) is 0 Å². The molecule has 2 aromatic carbocycles. The molecule has 3 nitrogen and oxygen atoms in total. The Morgan fingerprint density at radius 1 is 0.545 bits per heavy atom. The zero-order valence-corrected chi connectivity index (χ0v) is 16.5. The zero-order valence-electron chi connectivity index (χ0n) is 13.5. The van der Waals surface area contributed by atoms with Gasteiger partial charge >= 0.3 is 25.7 Å². The van der Waals surface area contributed by atoms with Gasteiger partial charge in [-0.05, 0) is 36.6 Å². The second-order valence-corrected chi connectivity index (χ2v) is 16.9. The van der Waals surface area contributed by atoms with Crippen molar-refractivity contribution >= 4 is 36.1 Å². The first-order valence-electron chi connectivity index (χ1n) is 7.55. The van der Waals surface area contributed by atoms with Crippen LogP contribution in [0.4, 0.5) is 0 Å². The van der Waals surface area contributed by atoms with E-state index in [-0.39, 0.29) is 0 Å². The molecule has 0 radical (unpaired) electrons. The van der Waals surface area contributed by atoms with E-state index in [1.54, 1.807) is 0 Å². The molecule has 0 unspecified atom stereocenters. The van der Waals surface area contributed by atoms with E-state index in [4.69, 9.17) is 12.3 Å². The normalized spacial score (nSPS) is 22.2. The standard InChI is InChI=1S/C16H22O3Si3/c1-20(2)17-21(3,4)19-22(18-20,15-11-7-5-8-12-15)16-13-9-6-10-14-16/h5-14H,1-4H3. The van der Waals surface area contributed by atoms with Gasteiger partial charge in [0.2, 0.25) is 0 Å². The molecule has 1 aliphatic heterocycles. The van der Waals surface area contributed by atoms with Crippen LogP contribution in [0.5, 0.6) is 0 Å². The maximum Gasteiger partial charge on any atom is 0.389 e. The van der Waals surface area contributed by atoms with Crippen molar-refractivity contribution in [3.05, 3.63) is 60.7 Å². The van der Waals surface area contributed by atoms with Crippen molar-refractivity contribution in [2.24, 2.45) is 0 Å². The Morgan fingerprint density at radius 2 is 0.909 bits per heavy atom. The second kappa shape index (κ2) is 5.55. The molecular formula is C16H22O3Si3. The number of benzene rings is 2. The molecule has 1 heterocycles. The van der Waals surface area contributed by atoms with Gasteiger partial charge in [-0.2, -0.15) is 0 Å². The van der Waals surface area contributed by atoms with Crippen molar-refractivity contribution < 1.29 is 12.3 Å². The summed E-state index contributed by atoms with van der Waals surface area (Å²) in [6.07, 6.45) is 0. The third kappa shape index (κ3) is 3.03. The predicted molar refractivity (Wildman–Crippen MR) is 96.1 cm³/mol. The molecule has 0 bridgehead atoms. The van der Waals surface area contributed by atoms with E-state index in [0.717, 1.165) is 10.4 Å². The quantitative estimate of drug-likeness (QED) is 0.783. The predicted octanol–water partition coefficient (Wildman–Crippen LogP) is 2.71. The molecule has 1 saturated heterocycles. The monoisotopic (exact) mass is 346 g/mol. The van der Waals surface area contributed by atoms with Crippen molar-refractivity contribution in [2.75, 3.05) is 0 Å². The van der Waals surface area contributed by atoms with Crippen molar-refractivity contribution in [1.29, 1.82) is 0 Å². The molecule has 0 aromatic heterocycles. The van der Waals surface area contributed by atoms with E-state index in [1.165, 1.54) is 0 Å². The molecule has 2 aromatic rings. The Morgan fingerprint density at radius 3 is 1.27 bits per heavy atom. The summed E-state index contributed by atoms with van der Waals surface area (Å²) in [4.78, 5) is 0. The first-order valence-corrected chi connectivity index (χ1v) is 15.0. The maximum atomic E-state index is 6.64. The molecule has 0 saturated carbocycles. The Kier molecular flexibility index (Phi) is 4.00. The van der Waals surface area contributed by atoms with E-state index in [1.807, 2.05) is 12.1 Å². The molecule has 6 heteroatoms. The summed E-state index contributed by atoms with van der Waals surface area (Å²) in [5.74, 6) is 0. The molecule has 0 atom stereocenters. The summed E-state index contributed by atoms with van der Waals surface area (Å²) in [5, 5.41) is 2.32. The van der Waals surface area contributed by atoms with Crippen LogP contribution in [0.15, 0.2) is 60.7 Å². The van der Waals surface area contributed by atoms with Crippen LogP contribution in [-0.4, -0.2) is 25.7 Å². The highest BCUT2D eigenvalue weighted by atomic mass is 28.5. The van der Waals surface area contributed by atoms with Gasteiger partial charge in [-0.1, -0.05) is 60.7 Å². The van der Waals surface area contributed by atoms with Gasteiger partial charge in [-0.25, -0.2) is 0 Å². The number of hydrogen-bond donors (Lipinski definition) is 0. The molecule has 1 aliphatic rings. The van der Waals surface area contributed by atoms with Crippen LogP contribution < -0.4 is 10.4 Å². The van der Waals surface area contributed by atoms with Crippen molar-refractivity contribution in [3.8, 4) is 0 Å². The lowest BCUT2D eigenvalue weighted by Crippen LogP contribution is -2.76. The largest absolute Gasteiger partial charge is 0.416 e. The molecule has 0 amide bonds. The van der Waals surface area contributed by atoms with Gasteiger partial charge in [0.15, 0.2) is 0 Å². The Balaban J connectivity index is 2.20. The van der Waals surface area contributed by atoms with E-state index in [2.05, 4.69) is 74.7 Å². The van der Waals surface area contributed by atoms with Crippen LogP contribution in [0, 0.1) is 0 Å². The highest BCUT2D eigenvalue weighted by Crippen LogP contribution is 2.30. The minimum absolute atomic E-state index is 1.16. The van der Waals surface area contributed by atoms with Gasteiger partial charge in [0.05, 0.1) is 0 Å². The maximum absolute atomic E-state index is 6.64. The SMILES string of the molecule is C[Si]1(C)O[Si](C)(C)O[Si](c2ccccc2)(c2ccccc2)O1. The Labute approximate surface area is 135 Å². The lowest BCUT2D eigenvalue weighted by Gasteiger charge is -2.49. The molecule has 116 valence electrons. The summed E-state index contributed by atoms with van der Waals surface area (Å²) >= 11 is 0. The van der Waals surface area contributed by atoms with Crippen LogP contribution in [0.2, 0.25) is 26.2 Å². The summed E-state index contributed by atoms with van der Waals surface area (Å²) in [6.45, 7) is 8.49. The molecular weight excluding hydrogens is 324 g/mol. The molecule has 0 spiro atoms. The minimum Gasteiger partial charge on any atom is -0.416 e. The van der Waals surface area contributed by atoms with E-state index >= 15 is 0 Å². The first kappa shape index (κ1) is 15.9. The van der Waals surface area contributed by atoms with Gasteiger partial charge in [0, 0.05) is 0 Å². The molecule has 0 N–H and O–H groups in total. The fraction of sp³-hybridized carbons (Fsp3) is 0.250. The van der Waals surface area contributed by atoms with Gasteiger partial charge in [-0.15, -0.1) is 0 Å². The van der Waals surface area contributed by atoms with Gasteiger partial charge < -0.3 is 12.3 Å². The van der Waals surface area contributed by atoms with Crippen LogP contribution in [0.1, 0.15) is 0 Å². The molecule has 3 rings (SSSR count). The van der Waals surface area contributed by atoms with Crippen LogP contribution in [0.3, 0.4) is 0 Å². The van der Waals surface area contributed by atoms with Crippen LogP contribution >= 0.6 is 0 Å². The number of hydrogen-bond acceptors (Lipinski definition) is 3. The highest BCUT2D eigenvalue weighted by Gasteiger charge is 2.57. The van der Waals surface area contributed by atoms with Gasteiger partial charge in [0.1, 0.15) is 0 Å². The lowest BCUT2D eigenvalue weighted by atomic mass is 10.4. The smallest absolute Gasteiger partial charge is 0.389 e. The van der Waals surface area contributed by atoms with Crippen LogP contribution in [-0.2, 0) is 12.3 Å². The average molecular weight is 347 g/mol. The summed E-state index contributed by atoms with van der Waals surface area (Å²) in [6, 6.07) is 20.8. The Hall–Kier alpha value is -1.03. The third-order valence-corrected chi connectivity index (χ3v) is 15.9. The average Bonchev–Trinajstić information content (AvgIpc) is 2.46. The third-order valence-electron chi connectivity index (χ3n) is 3.58. The van der Waals surface area contributed by atoms with Crippen LogP contribution in [0.25, 0.3) is 0 Å². The summed E-state index contributed by atoms with van der Waals surface area (Å²) in [7, 11) is -7.16. The van der Waals surface area contributed by atoms with Crippen molar-refractivity contribution in [2.45, 2.75) is 26.2 Å². The molecule has 0 aliphatic carbocycles. The second-order valence-electron chi connectivity index (χ2n) is 6.45. The van der Waals surface area contributed by atoms with E-state index in [0.29, 0.717) is 0 Å². The zero-order chi connectivity index (χ0) is 15.8.